The first-order chi connectivity index (χ1) is 16.5. The Labute approximate surface area is 201 Å². The summed E-state index contributed by atoms with van der Waals surface area (Å²) in [5, 5.41) is 2.92. The van der Waals surface area contributed by atoms with Gasteiger partial charge in [-0.15, -0.1) is 0 Å². The second-order valence-electron chi connectivity index (χ2n) is 8.37. The smallest absolute Gasteiger partial charge is 0.322 e. The molecule has 0 spiro atoms. The molecular formula is C26H34N4O4. The van der Waals surface area contributed by atoms with Crippen LogP contribution in [-0.4, -0.2) is 55.6 Å². The normalized spacial score (nSPS) is 15.5. The van der Waals surface area contributed by atoms with E-state index >= 15 is 0 Å². The number of urea groups is 1. The molecule has 182 valence electrons. The number of unbranched alkanes of at least 4 members (excludes halogenated alkanes) is 2. The number of carbonyl (C=O) groups is 3. The fourth-order valence-corrected chi connectivity index (χ4v) is 4.15. The lowest BCUT2D eigenvalue weighted by molar-refractivity contribution is -0.144. The number of methoxy groups -OCH3 is 1. The van der Waals surface area contributed by atoms with Crippen molar-refractivity contribution in [2.24, 2.45) is 5.73 Å². The lowest BCUT2D eigenvalue weighted by atomic mass is 10.1. The summed E-state index contributed by atoms with van der Waals surface area (Å²) < 4.78 is 4.87. The fourth-order valence-electron chi connectivity index (χ4n) is 4.15. The van der Waals surface area contributed by atoms with E-state index in [1.165, 1.54) is 12.0 Å². The molecule has 34 heavy (non-hydrogen) atoms. The molecule has 8 heteroatoms. The van der Waals surface area contributed by atoms with Crippen molar-refractivity contribution in [1.29, 1.82) is 0 Å². The van der Waals surface area contributed by atoms with Gasteiger partial charge in [0.25, 0.3) is 0 Å². The third-order valence-electron chi connectivity index (χ3n) is 6.00. The molecule has 0 saturated heterocycles. The van der Waals surface area contributed by atoms with E-state index in [2.05, 4.69) is 5.32 Å². The number of hydrogen-bond acceptors (Lipinski definition) is 5. The first-order valence-electron chi connectivity index (χ1n) is 11.8. The highest BCUT2D eigenvalue weighted by Crippen LogP contribution is 2.30. The van der Waals surface area contributed by atoms with E-state index in [-0.39, 0.29) is 12.3 Å². The number of ether oxygens (including phenoxy) is 1. The number of fused-ring (bicyclic) bond motifs is 1. The van der Waals surface area contributed by atoms with Gasteiger partial charge in [-0.2, -0.15) is 0 Å². The van der Waals surface area contributed by atoms with E-state index < -0.39 is 18.0 Å². The van der Waals surface area contributed by atoms with Gasteiger partial charge < -0.3 is 20.7 Å². The largest absolute Gasteiger partial charge is 0.469 e. The van der Waals surface area contributed by atoms with Crippen LogP contribution in [0.25, 0.3) is 0 Å². The van der Waals surface area contributed by atoms with E-state index in [1.807, 2.05) is 54.6 Å². The molecule has 1 aliphatic rings. The molecule has 0 radical (unpaired) electrons. The zero-order valence-electron chi connectivity index (χ0n) is 19.7. The molecule has 0 bridgehead atoms. The molecule has 3 amide bonds. The summed E-state index contributed by atoms with van der Waals surface area (Å²) in [7, 11) is 1.28. The Balaban J connectivity index is 1.87. The standard InChI is InChI=1S/C26H34N4O4/c1-34-24(31)18-23-25(32)29(17-14-20-10-4-2-5-11-20)19-21-12-6-7-13-22(21)30(23)26(33)28-16-9-3-8-15-27/h2,4-7,10-13,23H,3,8-9,14-19,27H2,1H3,(H,28,33). The van der Waals surface area contributed by atoms with Crippen molar-refractivity contribution >= 4 is 23.6 Å². The summed E-state index contributed by atoms with van der Waals surface area (Å²) in [5.74, 6) is -0.808. The van der Waals surface area contributed by atoms with Crippen molar-refractivity contribution in [2.75, 3.05) is 31.6 Å². The number of benzene rings is 2. The van der Waals surface area contributed by atoms with Crippen LogP contribution in [0.1, 0.15) is 36.8 Å². The van der Waals surface area contributed by atoms with E-state index in [0.717, 1.165) is 30.4 Å². The molecule has 0 saturated carbocycles. The zero-order chi connectivity index (χ0) is 24.3. The minimum atomic E-state index is -0.990. The summed E-state index contributed by atoms with van der Waals surface area (Å²) in [6.45, 7) is 1.92. The van der Waals surface area contributed by atoms with Crippen molar-refractivity contribution in [3.8, 4) is 0 Å². The Morgan fingerprint density at radius 1 is 1.06 bits per heavy atom. The summed E-state index contributed by atoms with van der Waals surface area (Å²) in [4.78, 5) is 42.5. The van der Waals surface area contributed by atoms with Crippen molar-refractivity contribution in [3.63, 3.8) is 0 Å². The topological polar surface area (TPSA) is 105 Å². The third kappa shape index (κ3) is 6.57. The zero-order valence-corrected chi connectivity index (χ0v) is 19.7. The predicted octanol–water partition coefficient (Wildman–Crippen LogP) is 2.85. The van der Waals surface area contributed by atoms with Gasteiger partial charge in [0.2, 0.25) is 5.91 Å². The minimum Gasteiger partial charge on any atom is -0.469 e. The van der Waals surface area contributed by atoms with Crippen LogP contribution in [0.3, 0.4) is 0 Å². The number of carbonyl (C=O) groups excluding carboxylic acids is 3. The Morgan fingerprint density at radius 2 is 1.79 bits per heavy atom. The van der Waals surface area contributed by atoms with Crippen LogP contribution >= 0.6 is 0 Å². The Morgan fingerprint density at radius 3 is 2.53 bits per heavy atom. The van der Waals surface area contributed by atoms with E-state index in [1.54, 1.807) is 4.90 Å². The number of nitrogens with zero attached hydrogens (tertiary/aromatic N) is 2. The fraction of sp³-hybridized carbons (Fsp3) is 0.423. The lowest BCUT2D eigenvalue weighted by Gasteiger charge is -2.31. The molecule has 8 nitrogen and oxygen atoms in total. The van der Waals surface area contributed by atoms with Gasteiger partial charge in [-0.1, -0.05) is 55.0 Å². The predicted molar refractivity (Wildman–Crippen MR) is 131 cm³/mol. The van der Waals surface area contributed by atoms with E-state index in [4.69, 9.17) is 10.5 Å². The molecule has 2 aromatic rings. The van der Waals surface area contributed by atoms with Crippen LogP contribution < -0.4 is 16.0 Å². The van der Waals surface area contributed by atoms with Crippen LogP contribution in [0.15, 0.2) is 54.6 Å². The second-order valence-corrected chi connectivity index (χ2v) is 8.37. The Bertz CT molecular complexity index is 966. The van der Waals surface area contributed by atoms with Crippen molar-refractivity contribution in [1.82, 2.24) is 10.2 Å². The molecule has 0 aliphatic carbocycles. The van der Waals surface area contributed by atoms with Gasteiger partial charge in [0, 0.05) is 19.6 Å². The van der Waals surface area contributed by atoms with Gasteiger partial charge in [0.1, 0.15) is 6.04 Å². The van der Waals surface area contributed by atoms with Crippen molar-refractivity contribution < 1.29 is 19.1 Å². The molecule has 2 aromatic carbocycles. The monoisotopic (exact) mass is 466 g/mol. The van der Waals surface area contributed by atoms with Crippen LogP contribution in [0, 0.1) is 0 Å². The van der Waals surface area contributed by atoms with Crippen LogP contribution in [0.5, 0.6) is 0 Å². The highest BCUT2D eigenvalue weighted by atomic mass is 16.5. The van der Waals surface area contributed by atoms with Crippen molar-refractivity contribution in [2.45, 2.75) is 44.7 Å². The van der Waals surface area contributed by atoms with Crippen LogP contribution in [0.4, 0.5) is 10.5 Å². The van der Waals surface area contributed by atoms with Gasteiger partial charge in [-0.3, -0.25) is 14.5 Å². The van der Waals surface area contributed by atoms with Crippen molar-refractivity contribution in [3.05, 3.63) is 65.7 Å². The first-order valence-corrected chi connectivity index (χ1v) is 11.8. The first kappa shape index (κ1) is 25.2. The van der Waals surface area contributed by atoms with E-state index in [0.29, 0.717) is 38.3 Å². The quantitative estimate of drug-likeness (QED) is 0.414. The second kappa shape index (κ2) is 12.7. The maximum atomic E-state index is 13.7. The van der Waals surface area contributed by atoms with Crippen LogP contribution in [-0.2, 0) is 27.3 Å². The SMILES string of the molecule is COC(=O)CC1C(=O)N(CCc2ccccc2)Cc2ccccc2N1C(=O)NCCCCCN. The maximum Gasteiger partial charge on any atom is 0.322 e. The average Bonchev–Trinajstić information content (AvgIpc) is 2.97. The number of anilines is 1. The average molecular weight is 467 g/mol. The number of nitrogens with one attached hydrogen (secondary N) is 1. The summed E-state index contributed by atoms with van der Waals surface area (Å²) >= 11 is 0. The Kier molecular flexibility index (Phi) is 9.46. The highest BCUT2D eigenvalue weighted by molar-refractivity contribution is 6.03. The van der Waals surface area contributed by atoms with Gasteiger partial charge in [0.05, 0.1) is 19.2 Å². The molecule has 3 N–H and O–H groups in total. The maximum absolute atomic E-state index is 13.7. The summed E-state index contributed by atoms with van der Waals surface area (Å²) in [6.07, 6.45) is 3.05. The van der Waals surface area contributed by atoms with Gasteiger partial charge >= 0.3 is 12.0 Å². The minimum absolute atomic E-state index is 0.216. The van der Waals surface area contributed by atoms with Gasteiger partial charge in [0.15, 0.2) is 0 Å². The molecule has 1 atom stereocenters. The molecule has 1 aliphatic heterocycles. The number of hydrogen-bond donors (Lipinski definition) is 2. The molecule has 1 unspecified atom stereocenters. The number of amides is 3. The molecule has 0 fully saturated rings. The number of nitrogens with two attached hydrogens (primary N) is 1. The highest BCUT2D eigenvalue weighted by Gasteiger charge is 2.39. The number of rotatable bonds is 10. The molecule has 1 heterocycles. The summed E-state index contributed by atoms with van der Waals surface area (Å²) in [5.41, 5.74) is 8.15. The third-order valence-corrected chi connectivity index (χ3v) is 6.00. The van der Waals surface area contributed by atoms with Gasteiger partial charge in [-0.25, -0.2) is 4.79 Å². The van der Waals surface area contributed by atoms with Gasteiger partial charge in [-0.05, 0) is 43.0 Å². The number of esters is 1. The van der Waals surface area contributed by atoms with E-state index in [9.17, 15) is 14.4 Å². The number of para-hydroxylation sites is 1. The molecule has 0 aromatic heterocycles. The molecular weight excluding hydrogens is 432 g/mol. The lowest BCUT2D eigenvalue weighted by Crippen LogP contribution is -2.53. The van der Waals surface area contributed by atoms with Crippen LogP contribution in [0.2, 0.25) is 0 Å². The Hall–Kier alpha value is -3.39. The summed E-state index contributed by atoms with van der Waals surface area (Å²) in [6, 6.07) is 16.0. The molecule has 3 rings (SSSR count).